The van der Waals surface area contributed by atoms with Crippen LogP contribution in [0.1, 0.15) is 31.9 Å². The zero-order valence-corrected chi connectivity index (χ0v) is 14.8. The Morgan fingerprint density at radius 1 is 1.19 bits per heavy atom. The van der Waals surface area contributed by atoms with Gasteiger partial charge in [0.1, 0.15) is 24.1 Å². The van der Waals surface area contributed by atoms with Gasteiger partial charge in [0.25, 0.3) is 0 Å². The second-order valence-electron chi connectivity index (χ2n) is 6.89. The van der Waals surface area contributed by atoms with Crippen LogP contribution in [0.15, 0.2) is 12.7 Å². The van der Waals surface area contributed by atoms with Gasteiger partial charge in [0.05, 0.1) is 25.1 Å². The van der Waals surface area contributed by atoms with Crippen molar-refractivity contribution in [1.29, 1.82) is 0 Å². The Morgan fingerprint density at radius 3 is 2.70 bits per heavy atom. The fourth-order valence-corrected chi connectivity index (χ4v) is 3.33. The summed E-state index contributed by atoms with van der Waals surface area (Å²) in [5, 5.41) is 39.0. The molecule has 0 spiro atoms. The summed E-state index contributed by atoms with van der Waals surface area (Å²) in [7, 11) is 0. The molecule has 11 nitrogen and oxygen atoms in total. The normalized spacial score (nSPS) is 27.9. The van der Waals surface area contributed by atoms with Crippen LogP contribution in [0.25, 0.3) is 11.2 Å². The summed E-state index contributed by atoms with van der Waals surface area (Å²) in [6.45, 7) is -0.277. The van der Waals surface area contributed by atoms with E-state index < -0.39 is 30.6 Å². The van der Waals surface area contributed by atoms with Crippen molar-refractivity contribution in [2.75, 3.05) is 12.3 Å². The first-order chi connectivity index (χ1) is 12.9. The van der Waals surface area contributed by atoms with E-state index in [0.29, 0.717) is 36.8 Å². The van der Waals surface area contributed by atoms with E-state index >= 15 is 0 Å². The highest BCUT2D eigenvalue weighted by Crippen LogP contribution is 2.33. The molecule has 11 heteroatoms. The highest BCUT2D eigenvalue weighted by atomic mass is 16.6. The molecule has 1 fully saturated rings. The number of nitrogens with two attached hydrogens (primary N) is 2. The van der Waals surface area contributed by atoms with E-state index in [9.17, 15) is 15.3 Å². The maximum Gasteiger partial charge on any atom is 0.167 e. The van der Waals surface area contributed by atoms with E-state index in [2.05, 4.69) is 15.0 Å². The average molecular weight is 382 g/mol. The fourth-order valence-electron chi connectivity index (χ4n) is 3.33. The second kappa shape index (κ2) is 8.42. The average Bonchev–Trinajstić information content (AvgIpc) is 3.19. The summed E-state index contributed by atoms with van der Waals surface area (Å²) in [5.74, 6) is 0.218. The highest BCUT2D eigenvalue weighted by molar-refractivity contribution is 5.81. The zero-order valence-electron chi connectivity index (χ0n) is 14.8. The standard InChI is InChI=1S/C16H26N6O5/c17-8(2-1-3-9(24)5-23)4-10-12(25)13(26)16(27-10)22-7-21-11-14(18)19-6-20-15(11)22/h6-10,12-13,16,23-26H,1-5,17H2,(H2,18,19,20)/t8-,9-,10+,12+,13+,16+/m0/s1. The van der Waals surface area contributed by atoms with Crippen molar-refractivity contribution >= 4 is 17.0 Å². The van der Waals surface area contributed by atoms with Crippen molar-refractivity contribution in [1.82, 2.24) is 19.5 Å². The molecule has 0 saturated carbocycles. The molecule has 2 aromatic heterocycles. The van der Waals surface area contributed by atoms with E-state index in [1.54, 1.807) is 0 Å². The van der Waals surface area contributed by atoms with Gasteiger partial charge >= 0.3 is 0 Å². The van der Waals surface area contributed by atoms with Gasteiger partial charge in [-0.2, -0.15) is 0 Å². The molecular formula is C16H26N6O5. The lowest BCUT2D eigenvalue weighted by Crippen LogP contribution is -2.35. The SMILES string of the molecule is Nc1ncnc2c1ncn2[C@@H]1O[C@H](C[C@@H](N)CCC[C@H](O)CO)[C@@H](O)[C@H]1O. The highest BCUT2D eigenvalue weighted by Gasteiger charge is 2.44. The maximum atomic E-state index is 10.4. The summed E-state index contributed by atoms with van der Waals surface area (Å²) in [5.41, 5.74) is 12.7. The lowest BCUT2D eigenvalue weighted by Gasteiger charge is -2.19. The van der Waals surface area contributed by atoms with Crippen molar-refractivity contribution in [2.24, 2.45) is 5.73 Å². The lowest BCUT2D eigenvalue weighted by molar-refractivity contribution is -0.0388. The quantitative estimate of drug-likeness (QED) is 0.306. The van der Waals surface area contributed by atoms with Crippen LogP contribution in [0, 0.1) is 0 Å². The summed E-state index contributed by atoms with van der Waals surface area (Å²) >= 11 is 0. The van der Waals surface area contributed by atoms with Gasteiger partial charge in [0, 0.05) is 6.04 Å². The van der Waals surface area contributed by atoms with Gasteiger partial charge in [-0.05, 0) is 25.7 Å². The molecule has 0 radical (unpaired) electrons. The van der Waals surface area contributed by atoms with Gasteiger partial charge < -0.3 is 36.6 Å². The van der Waals surface area contributed by atoms with E-state index in [4.69, 9.17) is 21.3 Å². The molecule has 3 heterocycles. The molecule has 1 aliphatic rings. The van der Waals surface area contributed by atoms with Gasteiger partial charge in [0.2, 0.25) is 0 Å². The number of hydrogen-bond acceptors (Lipinski definition) is 10. The Balaban J connectivity index is 1.64. The smallest absolute Gasteiger partial charge is 0.167 e. The third-order valence-corrected chi connectivity index (χ3v) is 4.86. The van der Waals surface area contributed by atoms with Gasteiger partial charge in [0.15, 0.2) is 17.7 Å². The van der Waals surface area contributed by atoms with Crippen molar-refractivity contribution in [3.8, 4) is 0 Å². The fraction of sp³-hybridized carbons (Fsp3) is 0.688. The van der Waals surface area contributed by atoms with E-state index in [0.717, 1.165) is 0 Å². The third kappa shape index (κ3) is 4.18. The van der Waals surface area contributed by atoms with E-state index in [1.165, 1.54) is 17.2 Å². The Hall–Kier alpha value is -1.89. The number of aliphatic hydroxyl groups excluding tert-OH is 4. The van der Waals surface area contributed by atoms with Crippen molar-refractivity contribution in [3.05, 3.63) is 12.7 Å². The molecule has 150 valence electrons. The monoisotopic (exact) mass is 382 g/mol. The zero-order chi connectivity index (χ0) is 19.6. The van der Waals surface area contributed by atoms with Gasteiger partial charge in [-0.25, -0.2) is 15.0 Å². The molecule has 8 N–H and O–H groups in total. The molecule has 1 saturated heterocycles. The number of aromatic nitrogens is 4. The minimum Gasteiger partial charge on any atom is -0.394 e. The third-order valence-electron chi connectivity index (χ3n) is 4.86. The Kier molecular flexibility index (Phi) is 6.19. The first-order valence-corrected chi connectivity index (χ1v) is 8.91. The van der Waals surface area contributed by atoms with Gasteiger partial charge in [-0.15, -0.1) is 0 Å². The molecular weight excluding hydrogens is 356 g/mol. The predicted molar refractivity (Wildman–Crippen MR) is 95.2 cm³/mol. The van der Waals surface area contributed by atoms with Crippen molar-refractivity contribution in [3.63, 3.8) is 0 Å². The van der Waals surface area contributed by atoms with Gasteiger partial charge in [-0.1, -0.05) is 0 Å². The van der Waals surface area contributed by atoms with Crippen LogP contribution in [-0.4, -0.2) is 77.0 Å². The van der Waals surface area contributed by atoms with Crippen LogP contribution in [0.3, 0.4) is 0 Å². The van der Waals surface area contributed by atoms with E-state index in [1.807, 2.05) is 0 Å². The summed E-state index contributed by atoms with van der Waals surface area (Å²) < 4.78 is 7.37. The minimum absolute atomic E-state index is 0.218. The minimum atomic E-state index is -1.17. The summed E-state index contributed by atoms with van der Waals surface area (Å²) in [6, 6.07) is -0.279. The van der Waals surface area contributed by atoms with E-state index in [-0.39, 0.29) is 18.5 Å². The predicted octanol–water partition coefficient (Wildman–Crippen LogP) is -1.73. The molecule has 0 aromatic carbocycles. The summed E-state index contributed by atoms with van der Waals surface area (Å²) in [6.07, 6.45) is 0.207. The van der Waals surface area contributed by atoms with Crippen LogP contribution in [0.2, 0.25) is 0 Å². The molecule has 1 aliphatic heterocycles. The number of fused-ring (bicyclic) bond motifs is 1. The molecule has 27 heavy (non-hydrogen) atoms. The molecule has 0 aliphatic carbocycles. The van der Waals surface area contributed by atoms with Crippen molar-refractivity contribution < 1.29 is 25.2 Å². The van der Waals surface area contributed by atoms with Crippen LogP contribution in [-0.2, 0) is 4.74 Å². The molecule has 3 rings (SSSR count). The number of imidazole rings is 1. The maximum absolute atomic E-state index is 10.4. The number of aliphatic hydroxyl groups is 4. The van der Waals surface area contributed by atoms with Gasteiger partial charge in [-0.3, -0.25) is 4.57 Å². The lowest BCUT2D eigenvalue weighted by atomic mass is 9.99. The number of rotatable bonds is 8. The Bertz CT molecular complexity index is 758. The second-order valence-corrected chi connectivity index (χ2v) is 6.89. The number of ether oxygens (including phenoxy) is 1. The molecule has 6 atom stereocenters. The van der Waals surface area contributed by atoms with Crippen LogP contribution < -0.4 is 11.5 Å². The molecule has 0 bridgehead atoms. The summed E-state index contributed by atoms with van der Waals surface area (Å²) in [4.78, 5) is 12.1. The molecule has 2 aromatic rings. The largest absolute Gasteiger partial charge is 0.394 e. The number of anilines is 1. The van der Waals surface area contributed by atoms with Crippen molar-refractivity contribution in [2.45, 2.75) is 62.4 Å². The Morgan fingerprint density at radius 2 is 1.96 bits per heavy atom. The molecule has 0 unspecified atom stereocenters. The first kappa shape index (κ1) is 19.9. The topological polar surface area (TPSA) is 186 Å². The Labute approximate surface area is 155 Å². The molecule has 0 amide bonds. The van der Waals surface area contributed by atoms with Crippen LogP contribution in [0.4, 0.5) is 5.82 Å². The van der Waals surface area contributed by atoms with Crippen LogP contribution in [0.5, 0.6) is 0 Å². The van der Waals surface area contributed by atoms with Crippen LogP contribution >= 0.6 is 0 Å². The first-order valence-electron chi connectivity index (χ1n) is 8.91. The number of hydrogen-bond donors (Lipinski definition) is 6. The number of nitrogen functional groups attached to an aromatic ring is 1. The number of nitrogens with zero attached hydrogens (tertiary/aromatic N) is 4.